The molecule has 0 bridgehead atoms. The largest absolute Gasteiger partial charge is 0.492 e. The Morgan fingerprint density at radius 2 is 1.95 bits per heavy atom. The molecule has 3 aliphatic carbocycles. The molecule has 8 nitrogen and oxygen atoms in total. The van der Waals surface area contributed by atoms with Gasteiger partial charge in [0.25, 0.3) is 0 Å². The van der Waals surface area contributed by atoms with Crippen LogP contribution in [0.5, 0.6) is 5.75 Å². The minimum atomic E-state index is -0.340. The summed E-state index contributed by atoms with van der Waals surface area (Å²) in [4.78, 5) is 31.6. The number of nitrogens with one attached hydrogen (secondary N) is 2. The first-order valence-electron chi connectivity index (χ1n) is 16.4. The second kappa shape index (κ2) is 13.5. The highest BCUT2D eigenvalue weighted by atomic mass is 32.2. The number of thioether (sulfide) groups is 1. The molecular formula is C33H47N5O3S. The number of carbonyl (C=O) groups is 2. The van der Waals surface area contributed by atoms with Crippen LogP contribution in [0.2, 0.25) is 0 Å². The van der Waals surface area contributed by atoms with Crippen molar-refractivity contribution in [2.75, 3.05) is 44.6 Å². The summed E-state index contributed by atoms with van der Waals surface area (Å²) in [6.07, 6.45) is 8.97. The summed E-state index contributed by atoms with van der Waals surface area (Å²) in [5.41, 5.74) is 1.07. The van der Waals surface area contributed by atoms with E-state index in [2.05, 4.69) is 51.6 Å². The maximum absolute atomic E-state index is 13.9. The van der Waals surface area contributed by atoms with E-state index in [0.717, 1.165) is 43.8 Å². The number of rotatable bonds is 10. The summed E-state index contributed by atoms with van der Waals surface area (Å²) >= 11 is 1.93. The summed E-state index contributed by atoms with van der Waals surface area (Å²) in [5.74, 6) is 1.16. The lowest BCUT2D eigenvalue weighted by Crippen LogP contribution is -2.52. The predicted octanol–water partition coefficient (Wildman–Crippen LogP) is 4.52. The van der Waals surface area contributed by atoms with E-state index >= 15 is 0 Å². The number of likely N-dealkylation sites (tertiary alicyclic amines) is 1. The lowest BCUT2D eigenvalue weighted by Gasteiger charge is -2.42. The first kappa shape index (κ1) is 29.6. The number of carbonyl (C=O) groups excluding carboxylic acids is 2. The van der Waals surface area contributed by atoms with Gasteiger partial charge in [-0.15, -0.1) is 0 Å². The molecule has 0 aromatic heterocycles. The molecule has 0 spiro atoms. The molecule has 42 heavy (non-hydrogen) atoms. The molecule has 7 atom stereocenters. The van der Waals surface area contributed by atoms with Gasteiger partial charge in [0.1, 0.15) is 12.4 Å². The van der Waals surface area contributed by atoms with Crippen LogP contribution in [0.25, 0.3) is 0 Å². The minimum absolute atomic E-state index is 0.00142. The summed E-state index contributed by atoms with van der Waals surface area (Å²) in [7, 11) is 0. The van der Waals surface area contributed by atoms with Gasteiger partial charge in [0, 0.05) is 54.0 Å². The van der Waals surface area contributed by atoms with Crippen LogP contribution in [0, 0.1) is 35.0 Å². The Morgan fingerprint density at radius 1 is 1.12 bits per heavy atom. The van der Waals surface area contributed by atoms with Crippen molar-refractivity contribution in [2.24, 2.45) is 23.7 Å². The standard InChI is InChI=1S/C33H47N5O3S/c1-2-38-29-16-23(20-34)28(32(39)35-21-22-8-9-22)19-31(29)42-30-18-25(10-11-27(30)33(38)40)36-24-6-5-7-26(17-24)41-15-14-37-12-3-4-13-37/h5-7,17,22-23,25,27-31,36H,2-4,8-16,18-19,21H2,1H3,(H,35,39). The summed E-state index contributed by atoms with van der Waals surface area (Å²) in [6.45, 7) is 7.49. The molecule has 228 valence electrons. The Morgan fingerprint density at radius 3 is 2.71 bits per heavy atom. The number of hydrogen-bond acceptors (Lipinski definition) is 7. The van der Waals surface area contributed by atoms with Crippen molar-refractivity contribution in [1.82, 2.24) is 15.1 Å². The van der Waals surface area contributed by atoms with E-state index in [9.17, 15) is 14.9 Å². The Labute approximate surface area is 255 Å². The number of ether oxygens (including phenoxy) is 1. The zero-order valence-corrected chi connectivity index (χ0v) is 25.8. The van der Waals surface area contributed by atoms with Gasteiger partial charge >= 0.3 is 0 Å². The van der Waals surface area contributed by atoms with Crippen LogP contribution in [0.1, 0.15) is 64.7 Å². The third kappa shape index (κ3) is 6.86. The molecule has 5 aliphatic rings. The molecule has 0 radical (unpaired) electrons. The SMILES string of the molecule is CCN1C(=O)C2CCC(Nc3cccc(OCCN4CCCC4)c3)CC2SC2CC(C(=O)NCC3CC3)C(C#N)CC21. The first-order chi connectivity index (χ1) is 20.5. The van der Waals surface area contributed by atoms with Crippen LogP contribution in [-0.2, 0) is 9.59 Å². The van der Waals surface area contributed by atoms with Crippen LogP contribution < -0.4 is 15.4 Å². The zero-order valence-electron chi connectivity index (χ0n) is 25.0. The van der Waals surface area contributed by atoms with E-state index < -0.39 is 0 Å². The maximum atomic E-state index is 13.9. The van der Waals surface area contributed by atoms with Crippen LogP contribution >= 0.6 is 11.8 Å². The molecule has 3 saturated carbocycles. The topological polar surface area (TPSA) is 97.7 Å². The van der Waals surface area contributed by atoms with Crippen molar-refractivity contribution in [3.63, 3.8) is 0 Å². The summed E-state index contributed by atoms with van der Waals surface area (Å²) in [5, 5.41) is 17.3. The van der Waals surface area contributed by atoms with Gasteiger partial charge in [0.05, 0.1) is 23.8 Å². The van der Waals surface area contributed by atoms with Gasteiger partial charge in [-0.2, -0.15) is 17.0 Å². The Hall–Kier alpha value is -2.44. The van der Waals surface area contributed by atoms with Crippen molar-refractivity contribution >= 4 is 29.3 Å². The molecule has 1 aromatic rings. The fourth-order valence-corrected chi connectivity index (χ4v) is 9.64. The summed E-state index contributed by atoms with van der Waals surface area (Å²) in [6, 6.07) is 11.0. The average molecular weight is 594 g/mol. The van der Waals surface area contributed by atoms with E-state index in [0.29, 0.717) is 31.9 Å². The smallest absolute Gasteiger partial charge is 0.227 e. The normalized spacial score (nSPS) is 33.2. The first-order valence-corrected chi connectivity index (χ1v) is 17.3. The second-order valence-corrected chi connectivity index (χ2v) is 14.6. The molecule has 9 heteroatoms. The van der Waals surface area contributed by atoms with Crippen LogP contribution in [0.15, 0.2) is 24.3 Å². The predicted molar refractivity (Wildman–Crippen MR) is 166 cm³/mol. The van der Waals surface area contributed by atoms with Gasteiger partial charge in [-0.05, 0) is 95.9 Å². The van der Waals surface area contributed by atoms with E-state index in [1.165, 1.54) is 38.8 Å². The Bertz CT molecular complexity index is 1150. The maximum Gasteiger partial charge on any atom is 0.227 e. The van der Waals surface area contributed by atoms with Crippen molar-refractivity contribution < 1.29 is 14.3 Å². The number of nitrogens with zero attached hydrogens (tertiary/aromatic N) is 3. The highest BCUT2D eigenvalue weighted by Gasteiger charge is 2.50. The van der Waals surface area contributed by atoms with Gasteiger partial charge in [-0.25, -0.2) is 0 Å². The number of hydrogen-bond donors (Lipinski definition) is 2. The van der Waals surface area contributed by atoms with Crippen molar-refractivity contribution in [1.29, 1.82) is 5.26 Å². The molecule has 1 aromatic carbocycles. The van der Waals surface area contributed by atoms with Gasteiger partial charge in [-0.3, -0.25) is 14.5 Å². The Balaban J connectivity index is 1.10. The summed E-state index contributed by atoms with van der Waals surface area (Å²) < 4.78 is 6.09. The minimum Gasteiger partial charge on any atom is -0.492 e. The van der Waals surface area contributed by atoms with Crippen LogP contribution in [0.4, 0.5) is 5.69 Å². The Kier molecular flexibility index (Phi) is 9.50. The van der Waals surface area contributed by atoms with Crippen molar-refractivity contribution in [2.45, 2.75) is 87.3 Å². The number of anilines is 1. The zero-order chi connectivity index (χ0) is 29.1. The third-order valence-electron chi connectivity index (χ3n) is 10.2. The molecule has 2 saturated heterocycles. The van der Waals surface area contributed by atoms with E-state index in [1.807, 2.05) is 17.8 Å². The van der Waals surface area contributed by atoms with E-state index in [-0.39, 0.29) is 52.2 Å². The molecule has 2 N–H and O–H groups in total. The highest BCUT2D eigenvalue weighted by Crippen LogP contribution is 2.48. The molecule has 5 fully saturated rings. The lowest BCUT2D eigenvalue weighted by atomic mass is 9.75. The molecule has 2 amide bonds. The van der Waals surface area contributed by atoms with Gasteiger partial charge in [0.2, 0.25) is 11.8 Å². The van der Waals surface area contributed by atoms with Gasteiger partial charge < -0.3 is 20.3 Å². The fraction of sp³-hybridized carbons (Fsp3) is 0.727. The van der Waals surface area contributed by atoms with Crippen LogP contribution in [0.3, 0.4) is 0 Å². The molecule has 6 rings (SSSR count). The fourth-order valence-electron chi connectivity index (χ4n) is 7.65. The number of amides is 2. The molecule has 7 unspecified atom stereocenters. The number of benzene rings is 1. The second-order valence-electron chi connectivity index (χ2n) is 13.1. The van der Waals surface area contributed by atoms with E-state index in [1.54, 1.807) is 0 Å². The number of fused-ring (bicyclic) bond motifs is 2. The molecule has 2 aliphatic heterocycles. The van der Waals surface area contributed by atoms with Crippen LogP contribution in [-0.4, -0.2) is 83.5 Å². The van der Waals surface area contributed by atoms with Crippen molar-refractivity contribution in [3.05, 3.63) is 24.3 Å². The quantitative estimate of drug-likeness (QED) is 0.412. The monoisotopic (exact) mass is 593 g/mol. The van der Waals surface area contributed by atoms with E-state index in [4.69, 9.17) is 4.74 Å². The van der Waals surface area contributed by atoms with Gasteiger partial charge in [0.15, 0.2) is 0 Å². The lowest BCUT2D eigenvalue weighted by molar-refractivity contribution is -0.139. The third-order valence-corrected chi connectivity index (χ3v) is 12.0. The van der Waals surface area contributed by atoms with Crippen molar-refractivity contribution in [3.8, 4) is 11.8 Å². The molecular weight excluding hydrogens is 546 g/mol. The molecule has 2 heterocycles. The highest BCUT2D eigenvalue weighted by molar-refractivity contribution is 8.00. The van der Waals surface area contributed by atoms with Gasteiger partial charge in [-0.1, -0.05) is 6.07 Å². The number of nitriles is 1. The average Bonchev–Trinajstić information content (AvgIpc) is 3.71.